The lowest BCUT2D eigenvalue weighted by atomic mass is 10.1. The van der Waals surface area contributed by atoms with Gasteiger partial charge in [0.05, 0.1) is 17.0 Å². The highest BCUT2D eigenvalue weighted by molar-refractivity contribution is 7.99. The molecule has 0 saturated heterocycles. The molecule has 36 heavy (non-hydrogen) atoms. The lowest BCUT2D eigenvalue weighted by Gasteiger charge is -2.12. The van der Waals surface area contributed by atoms with Crippen LogP contribution in [0.25, 0.3) is 5.69 Å². The van der Waals surface area contributed by atoms with E-state index in [1.54, 1.807) is 24.3 Å². The monoisotopic (exact) mass is 497 g/mol. The van der Waals surface area contributed by atoms with E-state index in [-0.39, 0.29) is 23.6 Å². The van der Waals surface area contributed by atoms with E-state index in [2.05, 4.69) is 39.0 Å². The van der Waals surface area contributed by atoms with E-state index in [9.17, 15) is 9.59 Å². The molecular formula is C28H27N5O2S. The number of anilines is 1. The number of para-hydroxylation sites is 1. The number of nitrogens with one attached hydrogen (secondary N) is 2. The minimum absolute atomic E-state index is 0.133. The zero-order chi connectivity index (χ0) is 24.9. The number of aromatic nitrogens is 3. The third kappa shape index (κ3) is 5.83. The molecule has 1 aromatic heterocycles. The lowest BCUT2D eigenvalue weighted by Crippen LogP contribution is -2.27. The quantitative estimate of drug-likeness (QED) is 0.325. The molecule has 0 spiro atoms. The van der Waals surface area contributed by atoms with Crippen molar-refractivity contribution in [2.24, 2.45) is 0 Å². The van der Waals surface area contributed by atoms with Gasteiger partial charge in [-0.05, 0) is 55.2 Å². The summed E-state index contributed by atoms with van der Waals surface area (Å²) in [7, 11) is 0. The Hall–Kier alpha value is -3.91. The van der Waals surface area contributed by atoms with Crippen molar-refractivity contribution in [3.8, 4) is 5.69 Å². The van der Waals surface area contributed by atoms with Crippen LogP contribution in [0.4, 0.5) is 5.69 Å². The second-order valence-electron chi connectivity index (χ2n) is 8.87. The zero-order valence-electron chi connectivity index (χ0n) is 20.0. The van der Waals surface area contributed by atoms with Crippen LogP contribution in [-0.2, 0) is 11.2 Å². The van der Waals surface area contributed by atoms with Gasteiger partial charge in [-0.15, -0.1) is 10.2 Å². The molecule has 1 aliphatic rings. The number of hydrogen-bond donors (Lipinski definition) is 2. The van der Waals surface area contributed by atoms with E-state index >= 15 is 0 Å². The predicted molar refractivity (Wildman–Crippen MR) is 142 cm³/mol. The first-order chi connectivity index (χ1) is 17.6. The van der Waals surface area contributed by atoms with Crippen LogP contribution < -0.4 is 10.6 Å². The van der Waals surface area contributed by atoms with Crippen LogP contribution in [0.3, 0.4) is 0 Å². The van der Waals surface area contributed by atoms with E-state index in [1.165, 1.54) is 11.8 Å². The Kier molecular flexibility index (Phi) is 7.13. The number of amides is 2. The number of benzene rings is 3. The molecule has 7 nitrogen and oxygen atoms in total. The van der Waals surface area contributed by atoms with Gasteiger partial charge in [-0.1, -0.05) is 66.4 Å². The zero-order valence-corrected chi connectivity index (χ0v) is 20.8. The van der Waals surface area contributed by atoms with Crippen molar-refractivity contribution in [2.75, 3.05) is 11.1 Å². The molecular weight excluding hydrogens is 470 g/mol. The topological polar surface area (TPSA) is 88.9 Å². The van der Waals surface area contributed by atoms with Gasteiger partial charge in [0.15, 0.2) is 5.16 Å². The summed E-state index contributed by atoms with van der Waals surface area (Å²) in [5, 5.41) is 15.4. The highest BCUT2D eigenvalue weighted by atomic mass is 32.2. The van der Waals surface area contributed by atoms with Crippen molar-refractivity contribution < 1.29 is 9.59 Å². The van der Waals surface area contributed by atoms with Crippen molar-refractivity contribution in [3.05, 3.63) is 101 Å². The second-order valence-corrected chi connectivity index (χ2v) is 9.81. The van der Waals surface area contributed by atoms with Crippen LogP contribution >= 0.6 is 11.8 Å². The second kappa shape index (κ2) is 10.8. The Morgan fingerprint density at radius 3 is 2.53 bits per heavy atom. The largest absolute Gasteiger partial charge is 0.349 e. The number of thioether (sulfide) groups is 1. The fraction of sp³-hybridized carbons (Fsp3) is 0.214. The van der Waals surface area contributed by atoms with Gasteiger partial charge in [0.2, 0.25) is 5.91 Å². The predicted octanol–water partition coefficient (Wildman–Crippen LogP) is 4.79. The van der Waals surface area contributed by atoms with Crippen molar-refractivity contribution in [1.82, 2.24) is 20.1 Å². The minimum Gasteiger partial charge on any atom is -0.349 e. The molecule has 182 valence electrons. The van der Waals surface area contributed by atoms with Gasteiger partial charge in [0, 0.05) is 18.2 Å². The maximum atomic E-state index is 12.9. The summed E-state index contributed by atoms with van der Waals surface area (Å²) >= 11 is 1.32. The Morgan fingerprint density at radius 2 is 1.75 bits per heavy atom. The van der Waals surface area contributed by atoms with Gasteiger partial charge in [0.1, 0.15) is 5.82 Å². The first kappa shape index (κ1) is 23.8. The molecule has 0 radical (unpaired) electrons. The molecule has 8 heteroatoms. The molecule has 2 amide bonds. The number of rotatable bonds is 9. The lowest BCUT2D eigenvalue weighted by molar-refractivity contribution is -0.113. The fourth-order valence-corrected chi connectivity index (χ4v) is 4.68. The standard InChI is InChI=1S/C28H27N5O2S/c1-19-8-7-11-22(16-19)33-25(17-20-9-3-2-4-10-20)31-32-28(33)36-18-26(34)30-24-13-6-5-12-23(24)27(35)29-21-14-15-21/h2-13,16,21H,14-15,17-18H2,1H3,(H,29,35)(H,30,34). The number of carbonyl (C=O) groups excluding carboxylic acids is 2. The van der Waals surface area contributed by atoms with Crippen LogP contribution in [0.1, 0.15) is 40.2 Å². The molecule has 0 unspecified atom stereocenters. The van der Waals surface area contributed by atoms with Gasteiger partial charge in [-0.25, -0.2) is 0 Å². The molecule has 1 aliphatic carbocycles. The maximum Gasteiger partial charge on any atom is 0.253 e. The molecule has 1 heterocycles. The van der Waals surface area contributed by atoms with Gasteiger partial charge < -0.3 is 10.6 Å². The van der Waals surface area contributed by atoms with Crippen LogP contribution in [-0.4, -0.2) is 38.4 Å². The van der Waals surface area contributed by atoms with Crippen LogP contribution in [0.5, 0.6) is 0 Å². The molecule has 0 atom stereocenters. The van der Waals surface area contributed by atoms with Crippen molar-refractivity contribution in [2.45, 2.75) is 37.4 Å². The average molecular weight is 498 g/mol. The summed E-state index contributed by atoms with van der Waals surface area (Å²) < 4.78 is 2.01. The number of carbonyl (C=O) groups is 2. The van der Waals surface area contributed by atoms with Crippen LogP contribution in [0.2, 0.25) is 0 Å². The van der Waals surface area contributed by atoms with E-state index < -0.39 is 0 Å². The molecule has 0 bridgehead atoms. The third-order valence-corrected chi connectivity index (χ3v) is 6.78. The number of hydrogen-bond acceptors (Lipinski definition) is 5. The van der Waals surface area contributed by atoms with Crippen LogP contribution in [0, 0.1) is 6.92 Å². The molecule has 0 aliphatic heterocycles. The SMILES string of the molecule is Cc1cccc(-n2c(Cc3ccccc3)nnc2SCC(=O)Nc2ccccc2C(=O)NC2CC2)c1. The maximum absolute atomic E-state index is 12.9. The van der Waals surface area contributed by atoms with Crippen molar-refractivity contribution in [1.29, 1.82) is 0 Å². The molecule has 2 N–H and O–H groups in total. The highest BCUT2D eigenvalue weighted by Crippen LogP contribution is 2.25. The normalized spacial score (nSPS) is 12.8. The summed E-state index contributed by atoms with van der Waals surface area (Å²) in [5.41, 5.74) is 4.19. The molecule has 1 saturated carbocycles. The van der Waals surface area contributed by atoms with Gasteiger partial charge >= 0.3 is 0 Å². The number of nitrogens with zero attached hydrogens (tertiary/aromatic N) is 3. The van der Waals surface area contributed by atoms with Gasteiger partial charge in [0.25, 0.3) is 5.91 Å². The summed E-state index contributed by atoms with van der Waals surface area (Å²) in [5.74, 6) is 0.561. The summed E-state index contributed by atoms with van der Waals surface area (Å²) in [6, 6.07) is 25.6. The molecule has 5 rings (SSSR count). The summed E-state index contributed by atoms with van der Waals surface area (Å²) in [4.78, 5) is 25.4. The highest BCUT2D eigenvalue weighted by Gasteiger charge is 2.25. The van der Waals surface area contributed by atoms with Gasteiger partial charge in [-0.3, -0.25) is 14.2 Å². The minimum atomic E-state index is -0.213. The molecule has 3 aromatic carbocycles. The third-order valence-electron chi connectivity index (χ3n) is 5.86. The summed E-state index contributed by atoms with van der Waals surface area (Å²) in [6.07, 6.45) is 2.63. The Balaban J connectivity index is 1.33. The van der Waals surface area contributed by atoms with E-state index in [0.29, 0.717) is 22.8 Å². The summed E-state index contributed by atoms with van der Waals surface area (Å²) in [6.45, 7) is 2.04. The smallest absolute Gasteiger partial charge is 0.253 e. The Morgan fingerprint density at radius 1 is 0.972 bits per heavy atom. The Bertz CT molecular complexity index is 1380. The van der Waals surface area contributed by atoms with Crippen molar-refractivity contribution >= 4 is 29.3 Å². The Labute approximate surface area is 214 Å². The first-order valence-corrected chi connectivity index (χ1v) is 12.9. The fourth-order valence-electron chi connectivity index (χ4n) is 3.91. The van der Waals surface area contributed by atoms with E-state index in [4.69, 9.17) is 0 Å². The first-order valence-electron chi connectivity index (χ1n) is 11.9. The molecule has 4 aromatic rings. The van der Waals surface area contributed by atoms with Crippen LogP contribution in [0.15, 0.2) is 84.0 Å². The average Bonchev–Trinajstić information content (AvgIpc) is 3.61. The van der Waals surface area contributed by atoms with Crippen molar-refractivity contribution in [3.63, 3.8) is 0 Å². The number of aryl methyl sites for hydroxylation is 1. The van der Waals surface area contributed by atoms with Gasteiger partial charge in [-0.2, -0.15) is 0 Å². The van der Waals surface area contributed by atoms with E-state index in [0.717, 1.165) is 35.5 Å². The van der Waals surface area contributed by atoms with E-state index in [1.807, 2.05) is 47.9 Å². The molecule has 1 fully saturated rings.